The molecule has 1 heterocycles. The van der Waals surface area contributed by atoms with Crippen LogP contribution in [0, 0.1) is 0 Å². The number of hydrogen-bond donors (Lipinski definition) is 1. The van der Waals surface area contributed by atoms with Gasteiger partial charge in [0.25, 0.3) is 0 Å². The summed E-state index contributed by atoms with van der Waals surface area (Å²) in [5, 5.41) is 9.15. The predicted molar refractivity (Wildman–Crippen MR) is 93.2 cm³/mol. The van der Waals surface area contributed by atoms with Crippen molar-refractivity contribution in [2.75, 3.05) is 31.6 Å². The maximum absolute atomic E-state index is 9.15. The topological polar surface area (TPSA) is 26.7 Å². The number of para-hydroxylation sites is 2. The third-order valence-corrected chi connectivity index (χ3v) is 5.31. The summed E-state index contributed by atoms with van der Waals surface area (Å²) >= 11 is 1.84. The summed E-state index contributed by atoms with van der Waals surface area (Å²) in [6, 6.07) is 17.5. The molecule has 116 valence electrons. The number of likely N-dealkylation sites (N-methyl/N-ethyl adjacent to an activating group) is 1. The summed E-state index contributed by atoms with van der Waals surface area (Å²) in [6.45, 7) is 4.02. The SMILES string of the molecule is C[C@@H](CN1c2ccccc2Sc2ccccc21)N(C)CCO. The highest BCUT2D eigenvalue weighted by atomic mass is 32.2. The van der Waals surface area contributed by atoms with Crippen LogP contribution in [0.5, 0.6) is 0 Å². The number of hydrogen-bond acceptors (Lipinski definition) is 4. The molecule has 2 aromatic carbocycles. The molecule has 3 rings (SSSR count). The molecule has 0 spiro atoms. The van der Waals surface area contributed by atoms with Gasteiger partial charge in [0, 0.05) is 28.9 Å². The number of rotatable bonds is 5. The Labute approximate surface area is 136 Å². The minimum absolute atomic E-state index is 0.198. The minimum Gasteiger partial charge on any atom is -0.395 e. The van der Waals surface area contributed by atoms with Gasteiger partial charge in [-0.3, -0.25) is 4.90 Å². The lowest BCUT2D eigenvalue weighted by molar-refractivity contribution is 0.190. The van der Waals surface area contributed by atoms with Crippen molar-refractivity contribution in [2.45, 2.75) is 22.8 Å². The van der Waals surface area contributed by atoms with E-state index in [-0.39, 0.29) is 6.61 Å². The van der Waals surface area contributed by atoms with Crippen molar-refractivity contribution in [3.8, 4) is 0 Å². The van der Waals surface area contributed by atoms with Crippen LogP contribution in [0.25, 0.3) is 0 Å². The van der Waals surface area contributed by atoms with Gasteiger partial charge in [-0.15, -0.1) is 0 Å². The second kappa shape index (κ2) is 6.73. The molecule has 4 heteroatoms. The van der Waals surface area contributed by atoms with Crippen molar-refractivity contribution in [2.24, 2.45) is 0 Å². The maximum atomic E-state index is 9.15. The van der Waals surface area contributed by atoms with E-state index in [1.807, 2.05) is 11.8 Å². The molecule has 0 aromatic heterocycles. The second-order valence-electron chi connectivity index (χ2n) is 5.70. The van der Waals surface area contributed by atoms with E-state index in [0.717, 1.165) is 6.54 Å². The average molecular weight is 314 g/mol. The van der Waals surface area contributed by atoms with Gasteiger partial charge in [-0.2, -0.15) is 0 Å². The third-order valence-electron chi connectivity index (χ3n) is 4.18. The molecule has 1 aliphatic rings. The van der Waals surface area contributed by atoms with Crippen molar-refractivity contribution < 1.29 is 5.11 Å². The Hall–Kier alpha value is -1.49. The van der Waals surface area contributed by atoms with Crippen LogP contribution in [0.2, 0.25) is 0 Å². The van der Waals surface area contributed by atoms with E-state index in [9.17, 15) is 0 Å². The molecule has 0 aliphatic carbocycles. The zero-order valence-electron chi connectivity index (χ0n) is 13.1. The molecule has 1 aliphatic heterocycles. The first-order valence-corrected chi connectivity index (χ1v) is 8.47. The van der Waals surface area contributed by atoms with E-state index < -0.39 is 0 Å². The third kappa shape index (κ3) is 3.00. The summed E-state index contributed by atoms with van der Waals surface area (Å²) < 4.78 is 0. The molecule has 0 saturated heterocycles. The van der Waals surface area contributed by atoms with Crippen LogP contribution < -0.4 is 4.90 Å². The molecule has 3 nitrogen and oxygen atoms in total. The van der Waals surface area contributed by atoms with Crippen LogP contribution in [0.3, 0.4) is 0 Å². The Morgan fingerprint density at radius 3 is 2.14 bits per heavy atom. The molecule has 1 N–H and O–H groups in total. The van der Waals surface area contributed by atoms with Crippen LogP contribution in [-0.2, 0) is 0 Å². The Bertz CT molecular complexity index is 601. The molecule has 0 saturated carbocycles. The number of anilines is 2. The molecule has 2 aromatic rings. The standard InChI is InChI=1S/C18H22N2OS/c1-14(19(2)11-12-21)13-20-15-7-3-5-9-17(15)22-18-10-6-4-8-16(18)20/h3-10,14,21H,11-13H2,1-2H3/t14-/m0/s1. The van der Waals surface area contributed by atoms with Crippen LogP contribution in [-0.4, -0.2) is 42.8 Å². The Morgan fingerprint density at radius 1 is 1.05 bits per heavy atom. The lowest BCUT2D eigenvalue weighted by Gasteiger charge is -2.36. The molecular weight excluding hydrogens is 292 g/mol. The van der Waals surface area contributed by atoms with Crippen molar-refractivity contribution in [3.63, 3.8) is 0 Å². The number of benzene rings is 2. The fraction of sp³-hybridized carbons (Fsp3) is 0.333. The van der Waals surface area contributed by atoms with E-state index in [4.69, 9.17) is 5.11 Å². The number of nitrogens with zero attached hydrogens (tertiary/aromatic N) is 2. The highest BCUT2D eigenvalue weighted by Gasteiger charge is 2.24. The molecule has 0 unspecified atom stereocenters. The van der Waals surface area contributed by atoms with Gasteiger partial charge in [-0.1, -0.05) is 36.0 Å². The Morgan fingerprint density at radius 2 is 1.59 bits per heavy atom. The van der Waals surface area contributed by atoms with Gasteiger partial charge in [0.05, 0.1) is 18.0 Å². The van der Waals surface area contributed by atoms with Gasteiger partial charge in [-0.25, -0.2) is 0 Å². The average Bonchev–Trinajstić information content (AvgIpc) is 2.54. The smallest absolute Gasteiger partial charge is 0.0558 e. The minimum atomic E-state index is 0.198. The first kappa shape index (κ1) is 15.4. The molecule has 0 bridgehead atoms. The van der Waals surface area contributed by atoms with Gasteiger partial charge in [0.1, 0.15) is 0 Å². The molecule has 0 fully saturated rings. The molecule has 0 radical (unpaired) electrons. The number of aliphatic hydroxyl groups is 1. The zero-order chi connectivity index (χ0) is 15.5. The summed E-state index contributed by atoms with van der Waals surface area (Å²) in [4.78, 5) is 7.21. The largest absolute Gasteiger partial charge is 0.395 e. The van der Waals surface area contributed by atoms with Gasteiger partial charge in [0.2, 0.25) is 0 Å². The van der Waals surface area contributed by atoms with Crippen LogP contribution in [0.1, 0.15) is 6.92 Å². The summed E-state index contributed by atoms with van der Waals surface area (Å²) in [6.07, 6.45) is 0. The molecular formula is C18H22N2OS. The number of aliphatic hydroxyl groups excluding tert-OH is 1. The predicted octanol–water partition coefficient (Wildman–Crippen LogP) is 3.60. The van der Waals surface area contributed by atoms with E-state index in [1.165, 1.54) is 21.2 Å². The quantitative estimate of drug-likeness (QED) is 0.912. The lowest BCUT2D eigenvalue weighted by atomic mass is 10.2. The van der Waals surface area contributed by atoms with Gasteiger partial charge in [-0.05, 0) is 38.2 Å². The van der Waals surface area contributed by atoms with Crippen molar-refractivity contribution in [3.05, 3.63) is 48.5 Å². The Balaban J connectivity index is 1.93. The van der Waals surface area contributed by atoms with E-state index in [1.54, 1.807) is 0 Å². The lowest BCUT2D eigenvalue weighted by Crippen LogP contribution is -2.40. The summed E-state index contributed by atoms with van der Waals surface area (Å²) in [5.41, 5.74) is 2.55. The normalized spacial score (nSPS) is 14.6. The second-order valence-corrected chi connectivity index (χ2v) is 6.79. The molecule has 22 heavy (non-hydrogen) atoms. The first-order chi connectivity index (χ1) is 10.7. The zero-order valence-corrected chi connectivity index (χ0v) is 13.9. The van der Waals surface area contributed by atoms with Crippen LogP contribution in [0.4, 0.5) is 11.4 Å². The molecule has 0 amide bonds. The van der Waals surface area contributed by atoms with Gasteiger partial charge < -0.3 is 10.0 Å². The highest BCUT2D eigenvalue weighted by Crippen LogP contribution is 2.47. The molecule has 1 atom stereocenters. The summed E-state index contributed by atoms with van der Waals surface area (Å²) in [5.74, 6) is 0. The summed E-state index contributed by atoms with van der Waals surface area (Å²) in [7, 11) is 2.07. The monoisotopic (exact) mass is 314 g/mol. The van der Waals surface area contributed by atoms with E-state index in [0.29, 0.717) is 12.6 Å². The highest BCUT2D eigenvalue weighted by molar-refractivity contribution is 7.99. The number of fused-ring (bicyclic) bond motifs is 2. The van der Waals surface area contributed by atoms with E-state index in [2.05, 4.69) is 72.3 Å². The van der Waals surface area contributed by atoms with Crippen LogP contribution >= 0.6 is 11.8 Å². The van der Waals surface area contributed by atoms with Crippen LogP contribution in [0.15, 0.2) is 58.3 Å². The fourth-order valence-corrected chi connectivity index (χ4v) is 3.86. The van der Waals surface area contributed by atoms with Crippen molar-refractivity contribution in [1.29, 1.82) is 0 Å². The van der Waals surface area contributed by atoms with Crippen molar-refractivity contribution in [1.82, 2.24) is 4.90 Å². The maximum Gasteiger partial charge on any atom is 0.0558 e. The first-order valence-electron chi connectivity index (χ1n) is 7.65. The van der Waals surface area contributed by atoms with Gasteiger partial charge in [0.15, 0.2) is 0 Å². The van der Waals surface area contributed by atoms with Gasteiger partial charge >= 0.3 is 0 Å². The fourth-order valence-electron chi connectivity index (χ4n) is 2.76. The Kier molecular flexibility index (Phi) is 4.71. The van der Waals surface area contributed by atoms with Crippen molar-refractivity contribution >= 4 is 23.1 Å². The van der Waals surface area contributed by atoms with E-state index >= 15 is 0 Å².